The van der Waals surface area contributed by atoms with Crippen molar-refractivity contribution in [3.8, 4) is 0 Å². The molecule has 0 atom stereocenters. The van der Waals surface area contributed by atoms with E-state index in [-0.39, 0.29) is 28.2 Å². The molecule has 0 saturated carbocycles. The molecular formula is C17H18F3N3OS. The summed E-state index contributed by atoms with van der Waals surface area (Å²) in [6.07, 6.45) is 1.94. The summed E-state index contributed by atoms with van der Waals surface area (Å²) in [5.74, 6) is -3.40. The van der Waals surface area contributed by atoms with E-state index in [0.717, 1.165) is 0 Å². The average Bonchev–Trinajstić information content (AvgIpc) is 2.58. The number of hydrogen-bond donors (Lipinski definition) is 1. The third-order valence-electron chi connectivity index (χ3n) is 3.44. The van der Waals surface area contributed by atoms with Crippen LogP contribution in [-0.4, -0.2) is 36.8 Å². The Morgan fingerprint density at radius 3 is 2.76 bits per heavy atom. The number of carbonyl (C=O) groups excluding carboxylic acids is 1. The molecular weight excluding hydrogens is 351 g/mol. The smallest absolute Gasteiger partial charge is 0.290 e. The Balaban J connectivity index is 1.84. The standard InChI is InChI=1S/C17H18F3N3OS/c1-23(14-8-3-2-7-13(14)18)11-5-10-21-15(24)12-6-4-9-22-16(12)25-17(19)20/h2-4,6-9,17H,5,10-11H2,1H3,(H,21,24). The molecule has 0 radical (unpaired) electrons. The molecule has 0 aliphatic carbocycles. The van der Waals surface area contributed by atoms with Crippen molar-refractivity contribution in [2.45, 2.75) is 17.2 Å². The van der Waals surface area contributed by atoms with Crippen LogP contribution < -0.4 is 10.2 Å². The van der Waals surface area contributed by atoms with E-state index in [1.54, 1.807) is 30.1 Å². The number of nitrogens with zero attached hydrogens (tertiary/aromatic N) is 2. The highest BCUT2D eigenvalue weighted by Gasteiger charge is 2.16. The largest absolute Gasteiger partial charge is 0.372 e. The van der Waals surface area contributed by atoms with Crippen LogP contribution >= 0.6 is 11.8 Å². The minimum absolute atomic E-state index is 0.00141. The lowest BCUT2D eigenvalue weighted by Gasteiger charge is -2.19. The van der Waals surface area contributed by atoms with E-state index in [4.69, 9.17) is 0 Å². The Kier molecular flexibility index (Phi) is 7.12. The zero-order chi connectivity index (χ0) is 18.2. The number of carbonyl (C=O) groups is 1. The lowest BCUT2D eigenvalue weighted by Crippen LogP contribution is -2.29. The third-order valence-corrected chi connectivity index (χ3v) is 4.16. The van der Waals surface area contributed by atoms with Gasteiger partial charge in [0.2, 0.25) is 0 Å². The van der Waals surface area contributed by atoms with Crippen molar-refractivity contribution >= 4 is 23.4 Å². The number of pyridine rings is 1. The molecule has 1 heterocycles. The maximum Gasteiger partial charge on any atom is 0.290 e. The van der Waals surface area contributed by atoms with Gasteiger partial charge in [0.1, 0.15) is 10.8 Å². The second-order valence-corrected chi connectivity index (χ2v) is 6.20. The van der Waals surface area contributed by atoms with Gasteiger partial charge in [-0.05, 0) is 42.4 Å². The van der Waals surface area contributed by atoms with Gasteiger partial charge in [-0.1, -0.05) is 12.1 Å². The molecule has 0 aliphatic heterocycles. The lowest BCUT2D eigenvalue weighted by molar-refractivity contribution is 0.0949. The lowest BCUT2D eigenvalue weighted by atomic mass is 10.2. The van der Waals surface area contributed by atoms with Crippen LogP contribution in [0.2, 0.25) is 0 Å². The maximum atomic E-state index is 13.7. The first-order valence-electron chi connectivity index (χ1n) is 7.62. The molecule has 0 aliphatic rings. The molecule has 0 fully saturated rings. The van der Waals surface area contributed by atoms with E-state index in [2.05, 4.69) is 10.3 Å². The fraction of sp³-hybridized carbons (Fsp3) is 0.294. The minimum Gasteiger partial charge on any atom is -0.372 e. The number of alkyl halides is 2. The first kappa shape index (κ1) is 19.1. The maximum absolute atomic E-state index is 13.7. The molecule has 0 saturated heterocycles. The Labute approximate surface area is 148 Å². The second kappa shape index (κ2) is 9.31. The van der Waals surface area contributed by atoms with Crippen molar-refractivity contribution in [1.29, 1.82) is 0 Å². The Hall–Kier alpha value is -2.22. The van der Waals surface area contributed by atoms with E-state index in [1.165, 1.54) is 24.4 Å². The van der Waals surface area contributed by atoms with Crippen LogP contribution in [0.3, 0.4) is 0 Å². The van der Waals surface area contributed by atoms with Gasteiger partial charge in [-0.3, -0.25) is 4.79 Å². The van der Waals surface area contributed by atoms with Crippen molar-refractivity contribution in [2.75, 3.05) is 25.0 Å². The van der Waals surface area contributed by atoms with E-state index in [0.29, 0.717) is 25.2 Å². The van der Waals surface area contributed by atoms with Gasteiger partial charge in [-0.2, -0.15) is 8.78 Å². The molecule has 8 heteroatoms. The number of para-hydroxylation sites is 1. The normalized spacial score (nSPS) is 10.8. The minimum atomic E-state index is -2.64. The number of thioether (sulfide) groups is 1. The van der Waals surface area contributed by atoms with E-state index in [9.17, 15) is 18.0 Å². The average molecular weight is 369 g/mol. The van der Waals surface area contributed by atoms with Crippen LogP contribution in [-0.2, 0) is 0 Å². The molecule has 1 aromatic carbocycles. The first-order chi connectivity index (χ1) is 12.0. The summed E-state index contributed by atoms with van der Waals surface area (Å²) in [4.78, 5) is 17.7. The van der Waals surface area contributed by atoms with Crippen molar-refractivity contribution in [1.82, 2.24) is 10.3 Å². The highest BCUT2D eigenvalue weighted by atomic mass is 32.2. The molecule has 1 aromatic heterocycles. The van der Waals surface area contributed by atoms with Crippen LogP contribution in [0.15, 0.2) is 47.6 Å². The number of amides is 1. The van der Waals surface area contributed by atoms with Crippen LogP contribution in [0.25, 0.3) is 0 Å². The summed E-state index contributed by atoms with van der Waals surface area (Å²) < 4.78 is 38.7. The van der Waals surface area contributed by atoms with Gasteiger partial charge in [0.15, 0.2) is 0 Å². The van der Waals surface area contributed by atoms with Gasteiger partial charge in [0.25, 0.3) is 11.7 Å². The predicted molar refractivity (Wildman–Crippen MR) is 92.7 cm³/mol. The summed E-state index contributed by atoms with van der Waals surface area (Å²) >= 11 is 0.241. The summed E-state index contributed by atoms with van der Waals surface area (Å²) in [6.45, 7) is 0.873. The number of anilines is 1. The zero-order valence-electron chi connectivity index (χ0n) is 13.6. The van der Waals surface area contributed by atoms with E-state index in [1.807, 2.05) is 0 Å². The van der Waals surface area contributed by atoms with Crippen molar-refractivity contribution in [2.24, 2.45) is 0 Å². The summed E-state index contributed by atoms with van der Waals surface area (Å²) in [7, 11) is 1.76. The molecule has 4 nitrogen and oxygen atoms in total. The Morgan fingerprint density at radius 2 is 2.04 bits per heavy atom. The predicted octanol–water partition coefficient (Wildman–Crippen LogP) is 3.79. The summed E-state index contributed by atoms with van der Waals surface area (Å²) in [5, 5.41) is 2.68. The van der Waals surface area contributed by atoms with E-state index < -0.39 is 11.7 Å². The van der Waals surface area contributed by atoms with Crippen LogP contribution in [0.1, 0.15) is 16.8 Å². The number of hydrogen-bond acceptors (Lipinski definition) is 4. The quantitative estimate of drug-likeness (QED) is 0.568. The molecule has 1 amide bonds. The molecule has 2 rings (SSSR count). The number of rotatable bonds is 8. The first-order valence-corrected chi connectivity index (χ1v) is 8.50. The topological polar surface area (TPSA) is 45.2 Å². The van der Waals surface area contributed by atoms with Crippen molar-refractivity contribution < 1.29 is 18.0 Å². The van der Waals surface area contributed by atoms with E-state index >= 15 is 0 Å². The molecule has 0 unspecified atom stereocenters. The monoisotopic (exact) mass is 369 g/mol. The van der Waals surface area contributed by atoms with Crippen LogP contribution in [0.5, 0.6) is 0 Å². The molecule has 1 N–H and O–H groups in total. The fourth-order valence-electron chi connectivity index (χ4n) is 2.24. The van der Waals surface area contributed by atoms with Gasteiger partial charge < -0.3 is 10.2 Å². The number of nitrogens with one attached hydrogen (secondary N) is 1. The van der Waals surface area contributed by atoms with Crippen LogP contribution in [0, 0.1) is 5.82 Å². The zero-order valence-corrected chi connectivity index (χ0v) is 14.4. The molecule has 2 aromatic rings. The number of halogens is 3. The van der Waals surface area contributed by atoms with Gasteiger partial charge in [0.05, 0.1) is 11.3 Å². The summed E-state index contributed by atoms with van der Waals surface area (Å²) in [6, 6.07) is 9.42. The summed E-state index contributed by atoms with van der Waals surface area (Å²) in [5.41, 5.74) is 0.604. The SMILES string of the molecule is CN(CCCNC(=O)c1cccnc1SC(F)F)c1ccccc1F. The molecule has 0 bridgehead atoms. The molecule has 25 heavy (non-hydrogen) atoms. The fourth-order valence-corrected chi connectivity index (χ4v) is 2.82. The third kappa shape index (κ3) is 5.67. The van der Waals surface area contributed by atoms with Gasteiger partial charge in [0, 0.05) is 26.3 Å². The second-order valence-electron chi connectivity index (χ2n) is 5.22. The highest BCUT2D eigenvalue weighted by Crippen LogP contribution is 2.26. The van der Waals surface area contributed by atoms with Crippen molar-refractivity contribution in [3.05, 3.63) is 54.0 Å². The van der Waals surface area contributed by atoms with Gasteiger partial charge in [-0.15, -0.1) is 0 Å². The number of benzene rings is 1. The van der Waals surface area contributed by atoms with Crippen LogP contribution in [0.4, 0.5) is 18.9 Å². The Bertz CT molecular complexity index is 715. The number of aromatic nitrogens is 1. The van der Waals surface area contributed by atoms with Crippen molar-refractivity contribution in [3.63, 3.8) is 0 Å². The Morgan fingerprint density at radius 1 is 1.28 bits per heavy atom. The highest BCUT2D eigenvalue weighted by molar-refractivity contribution is 7.99. The van der Waals surface area contributed by atoms with Gasteiger partial charge in [-0.25, -0.2) is 9.37 Å². The van der Waals surface area contributed by atoms with Gasteiger partial charge >= 0.3 is 0 Å². The molecule has 134 valence electrons. The molecule has 0 spiro atoms.